The highest BCUT2D eigenvalue weighted by Crippen LogP contribution is 2.14. The number of allylic oxidation sites excluding steroid dienone is 8. The lowest BCUT2D eigenvalue weighted by Gasteiger charge is -2.18. The Hall–Kier alpha value is -2.63. The fraction of sp³-hybridized carbons (Fsp3) is 0.771. The predicted octanol–water partition coefficient (Wildman–Crippen LogP) is 14.4. The van der Waals surface area contributed by atoms with E-state index in [2.05, 4.69) is 69.4 Å². The molecule has 0 aromatic carbocycles. The van der Waals surface area contributed by atoms with Crippen molar-refractivity contribution in [2.45, 2.75) is 226 Å². The molecule has 0 heterocycles. The first-order valence-corrected chi connectivity index (χ1v) is 22.6. The second-order valence-electron chi connectivity index (χ2n) is 14.9. The lowest BCUT2D eigenvalue weighted by molar-refractivity contribution is -0.167. The summed E-state index contributed by atoms with van der Waals surface area (Å²) in [7, 11) is 0. The number of hydrogen-bond acceptors (Lipinski definition) is 6. The molecule has 0 aliphatic heterocycles. The Kier molecular flexibility index (Phi) is 41.0. The first-order chi connectivity index (χ1) is 26.5. The average molecular weight is 757 g/mol. The van der Waals surface area contributed by atoms with Gasteiger partial charge in [0.1, 0.15) is 13.2 Å². The van der Waals surface area contributed by atoms with Crippen molar-refractivity contribution in [3.05, 3.63) is 48.6 Å². The molecule has 1 unspecified atom stereocenters. The number of rotatable bonds is 40. The molecule has 6 heteroatoms. The molecule has 54 heavy (non-hydrogen) atoms. The van der Waals surface area contributed by atoms with Crippen LogP contribution in [0.4, 0.5) is 0 Å². The quantitative estimate of drug-likeness (QED) is 0.0268. The lowest BCUT2D eigenvalue weighted by atomic mass is 10.1. The van der Waals surface area contributed by atoms with Gasteiger partial charge in [0, 0.05) is 19.3 Å². The van der Waals surface area contributed by atoms with Crippen molar-refractivity contribution in [1.29, 1.82) is 0 Å². The lowest BCUT2D eigenvalue weighted by Crippen LogP contribution is -2.30. The number of esters is 3. The Labute approximate surface area is 333 Å². The molecule has 0 aromatic rings. The predicted molar refractivity (Wildman–Crippen MR) is 229 cm³/mol. The van der Waals surface area contributed by atoms with Crippen LogP contribution in [0.15, 0.2) is 48.6 Å². The Balaban J connectivity index is 4.41. The van der Waals surface area contributed by atoms with Crippen molar-refractivity contribution in [3.8, 4) is 0 Å². The first kappa shape index (κ1) is 51.4. The van der Waals surface area contributed by atoms with Crippen LogP contribution in [-0.4, -0.2) is 37.2 Å². The molecule has 0 saturated carbocycles. The van der Waals surface area contributed by atoms with Gasteiger partial charge in [-0.25, -0.2) is 0 Å². The van der Waals surface area contributed by atoms with E-state index in [9.17, 15) is 14.4 Å². The number of hydrogen-bond donors (Lipinski definition) is 0. The molecule has 0 aliphatic carbocycles. The van der Waals surface area contributed by atoms with E-state index in [1.54, 1.807) is 0 Å². The van der Waals surface area contributed by atoms with Crippen molar-refractivity contribution in [1.82, 2.24) is 0 Å². The molecule has 0 rings (SSSR count). The van der Waals surface area contributed by atoms with Gasteiger partial charge >= 0.3 is 17.9 Å². The minimum atomic E-state index is -0.781. The molecule has 0 fully saturated rings. The van der Waals surface area contributed by atoms with Gasteiger partial charge in [0.2, 0.25) is 0 Å². The zero-order valence-electron chi connectivity index (χ0n) is 35.5. The smallest absolute Gasteiger partial charge is 0.306 e. The van der Waals surface area contributed by atoms with Crippen LogP contribution in [0.25, 0.3) is 0 Å². The van der Waals surface area contributed by atoms with E-state index in [1.807, 2.05) is 0 Å². The third kappa shape index (κ3) is 40.6. The molecule has 0 spiro atoms. The minimum absolute atomic E-state index is 0.0825. The zero-order chi connectivity index (χ0) is 39.4. The normalized spacial score (nSPS) is 12.4. The van der Waals surface area contributed by atoms with Crippen molar-refractivity contribution >= 4 is 17.9 Å². The molecule has 312 valence electrons. The molecule has 0 saturated heterocycles. The van der Waals surface area contributed by atoms with Crippen LogP contribution in [0.2, 0.25) is 0 Å². The van der Waals surface area contributed by atoms with Crippen molar-refractivity contribution < 1.29 is 28.6 Å². The highest BCUT2D eigenvalue weighted by atomic mass is 16.6. The van der Waals surface area contributed by atoms with Gasteiger partial charge in [-0.1, -0.05) is 172 Å². The molecular formula is C48H84O6. The third-order valence-corrected chi connectivity index (χ3v) is 9.57. The van der Waals surface area contributed by atoms with Gasteiger partial charge in [-0.05, 0) is 77.0 Å². The van der Waals surface area contributed by atoms with Gasteiger partial charge in [-0.2, -0.15) is 0 Å². The maximum atomic E-state index is 12.7. The second kappa shape index (κ2) is 43.1. The summed E-state index contributed by atoms with van der Waals surface area (Å²) < 4.78 is 16.7. The summed E-state index contributed by atoms with van der Waals surface area (Å²) in [5.74, 6) is -0.918. The summed E-state index contributed by atoms with van der Waals surface area (Å²) >= 11 is 0. The second-order valence-corrected chi connectivity index (χ2v) is 14.9. The Morgan fingerprint density at radius 2 is 0.722 bits per heavy atom. The molecule has 0 aromatic heterocycles. The fourth-order valence-electron chi connectivity index (χ4n) is 6.16. The van der Waals surface area contributed by atoms with Gasteiger partial charge in [0.25, 0.3) is 0 Å². The fourth-order valence-corrected chi connectivity index (χ4v) is 6.16. The Morgan fingerprint density at radius 3 is 1.19 bits per heavy atom. The molecular weight excluding hydrogens is 673 g/mol. The highest BCUT2D eigenvalue weighted by Gasteiger charge is 2.19. The molecule has 0 radical (unpaired) electrons. The van der Waals surface area contributed by atoms with E-state index in [0.717, 1.165) is 103 Å². The van der Waals surface area contributed by atoms with E-state index in [4.69, 9.17) is 14.2 Å². The van der Waals surface area contributed by atoms with Crippen molar-refractivity contribution in [2.75, 3.05) is 13.2 Å². The molecule has 0 bridgehead atoms. The first-order valence-electron chi connectivity index (χ1n) is 22.6. The largest absolute Gasteiger partial charge is 0.462 e. The maximum Gasteiger partial charge on any atom is 0.306 e. The van der Waals surface area contributed by atoms with Crippen LogP contribution < -0.4 is 0 Å². The number of carbonyl (C=O) groups excluding carboxylic acids is 3. The SMILES string of the molecule is CC/C=C\C/C=C\C/C=C\CCCCCCC(=O)OCC(COC(=O)CCCCCCCCCCCC)OC(=O)CCCCCCC/C=C\CCCCC. The third-order valence-electron chi connectivity index (χ3n) is 9.57. The van der Waals surface area contributed by atoms with Crippen LogP contribution in [0, 0.1) is 0 Å². The molecule has 0 aliphatic rings. The van der Waals surface area contributed by atoms with Gasteiger partial charge < -0.3 is 14.2 Å². The van der Waals surface area contributed by atoms with Gasteiger partial charge in [0.05, 0.1) is 0 Å². The van der Waals surface area contributed by atoms with Crippen LogP contribution in [-0.2, 0) is 28.6 Å². The van der Waals surface area contributed by atoms with E-state index < -0.39 is 6.10 Å². The molecule has 6 nitrogen and oxygen atoms in total. The van der Waals surface area contributed by atoms with Crippen LogP contribution >= 0.6 is 0 Å². The van der Waals surface area contributed by atoms with Crippen LogP contribution in [0.5, 0.6) is 0 Å². The summed E-state index contributed by atoms with van der Waals surface area (Å²) in [6.45, 7) is 6.45. The number of carbonyl (C=O) groups is 3. The molecule has 1 atom stereocenters. The summed E-state index contributed by atoms with van der Waals surface area (Å²) in [5, 5.41) is 0. The Bertz CT molecular complexity index is 964. The van der Waals surface area contributed by atoms with Crippen LogP contribution in [0.3, 0.4) is 0 Å². The number of unbranched alkanes of at least 4 members (excludes halogenated alkanes) is 21. The standard InChI is InChI=1S/C48H84O6/c1-4-7-10-13-16-19-22-24-25-27-29-32-35-38-41-47(50)53-44-45(43-52-46(49)40-37-34-31-28-21-18-15-12-9-6-3)54-48(51)42-39-36-33-30-26-23-20-17-14-11-8-5-2/h7,10,16-17,19-20,24-25,45H,4-6,8-9,11-15,18,21-23,26-44H2,1-3H3/b10-7-,19-16-,20-17-,25-24-. The van der Waals surface area contributed by atoms with E-state index in [-0.39, 0.29) is 31.1 Å². The van der Waals surface area contributed by atoms with Crippen molar-refractivity contribution in [3.63, 3.8) is 0 Å². The molecule has 0 N–H and O–H groups in total. The van der Waals surface area contributed by atoms with E-state index in [1.165, 1.54) is 77.0 Å². The minimum Gasteiger partial charge on any atom is -0.462 e. The topological polar surface area (TPSA) is 78.9 Å². The summed E-state index contributed by atoms with van der Waals surface area (Å²) in [5.41, 5.74) is 0. The van der Waals surface area contributed by atoms with Gasteiger partial charge in [-0.15, -0.1) is 0 Å². The van der Waals surface area contributed by atoms with Gasteiger partial charge in [0.15, 0.2) is 6.10 Å². The van der Waals surface area contributed by atoms with E-state index >= 15 is 0 Å². The average Bonchev–Trinajstić information content (AvgIpc) is 3.17. The summed E-state index contributed by atoms with van der Waals surface area (Å²) in [6.07, 6.45) is 49.5. The highest BCUT2D eigenvalue weighted by molar-refractivity contribution is 5.71. The number of ether oxygens (including phenoxy) is 3. The summed E-state index contributed by atoms with van der Waals surface area (Å²) in [4.78, 5) is 37.7. The molecule has 0 amide bonds. The Morgan fingerprint density at radius 1 is 0.389 bits per heavy atom. The summed E-state index contributed by atoms with van der Waals surface area (Å²) in [6, 6.07) is 0. The van der Waals surface area contributed by atoms with E-state index in [0.29, 0.717) is 19.3 Å². The monoisotopic (exact) mass is 757 g/mol. The van der Waals surface area contributed by atoms with Gasteiger partial charge in [-0.3, -0.25) is 14.4 Å². The maximum absolute atomic E-state index is 12.7. The van der Waals surface area contributed by atoms with Crippen molar-refractivity contribution in [2.24, 2.45) is 0 Å². The van der Waals surface area contributed by atoms with Crippen LogP contribution in [0.1, 0.15) is 220 Å². The zero-order valence-corrected chi connectivity index (χ0v) is 35.5.